The van der Waals surface area contributed by atoms with Crippen molar-refractivity contribution in [2.24, 2.45) is 0 Å². The number of benzene rings is 2. The summed E-state index contributed by atoms with van der Waals surface area (Å²) in [5.74, 6) is -0.506. The molecule has 0 radical (unpaired) electrons. The van der Waals surface area contributed by atoms with Gasteiger partial charge in [0.2, 0.25) is 0 Å². The van der Waals surface area contributed by atoms with Gasteiger partial charge in [-0.1, -0.05) is 41.9 Å². The predicted molar refractivity (Wildman–Crippen MR) is 133 cm³/mol. The summed E-state index contributed by atoms with van der Waals surface area (Å²) < 4.78 is 5.66. The van der Waals surface area contributed by atoms with Crippen LogP contribution in [-0.4, -0.2) is 56.0 Å². The van der Waals surface area contributed by atoms with Gasteiger partial charge in [-0.25, -0.2) is 0 Å². The molecule has 7 nitrogen and oxygen atoms in total. The van der Waals surface area contributed by atoms with E-state index in [0.717, 1.165) is 37.5 Å². The molecule has 2 aromatic carbocycles. The fourth-order valence-corrected chi connectivity index (χ4v) is 4.27. The third-order valence-electron chi connectivity index (χ3n) is 6.02. The topological polar surface area (TPSA) is 77.8 Å². The molecule has 1 saturated heterocycles. The van der Waals surface area contributed by atoms with Crippen LogP contribution in [0, 0.1) is 0 Å². The summed E-state index contributed by atoms with van der Waals surface area (Å²) in [6.07, 6.45) is 2.25. The van der Waals surface area contributed by atoms with Gasteiger partial charge in [0.25, 0.3) is 0 Å². The van der Waals surface area contributed by atoms with Gasteiger partial charge in [0.05, 0.1) is 12.3 Å². The van der Waals surface area contributed by atoms with Crippen LogP contribution in [0.4, 0.5) is 5.69 Å². The van der Waals surface area contributed by atoms with Crippen LogP contribution in [0.2, 0.25) is 5.02 Å². The molecule has 1 aliphatic heterocycles. The summed E-state index contributed by atoms with van der Waals surface area (Å²) in [5, 5.41) is 6.13. The molecule has 0 spiro atoms. The molecule has 2 heterocycles. The van der Waals surface area contributed by atoms with Crippen molar-refractivity contribution in [1.29, 1.82) is 0 Å². The average Bonchev–Trinajstić information content (AvgIpc) is 3.41. The minimum absolute atomic E-state index is 0.140. The number of nitrogens with zero attached hydrogens (tertiary/aromatic N) is 2. The Morgan fingerprint density at radius 2 is 1.59 bits per heavy atom. The molecule has 0 bridgehead atoms. The number of anilines is 1. The van der Waals surface area contributed by atoms with Gasteiger partial charge in [0, 0.05) is 50.0 Å². The monoisotopic (exact) mass is 480 g/mol. The highest BCUT2D eigenvalue weighted by Gasteiger charge is 2.28. The minimum Gasteiger partial charge on any atom is -0.468 e. The van der Waals surface area contributed by atoms with E-state index in [1.807, 2.05) is 42.5 Å². The fourth-order valence-electron chi connectivity index (χ4n) is 4.14. The van der Waals surface area contributed by atoms with Crippen LogP contribution in [0.5, 0.6) is 0 Å². The van der Waals surface area contributed by atoms with E-state index in [2.05, 4.69) is 32.6 Å². The number of rotatable bonds is 8. The number of hydrogen-bond acceptors (Lipinski definition) is 5. The van der Waals surface area contributed by atoms with Crippen molar-refractivity contribution in [1.82, 2.24) is 15.5 Å². The Kier molecular flexibility index (Phi) is 8.22. The molecule has 1 aromatic heterocycles. The van der Waals surface area contributed by atoms with Gasteiger partial charge >= 0.3 is 11.8 Å². The number of carbonyl (C=O) groups excluding carboxylic acids is 2. The van der Waals surface area contributed by atoms with Crippen LogP contribution >= 0.6 is 11.6 Å². The lowest BCUT2D eigenvalue weighted by Gasteiger charge is -2.39. The van der Waals surface area contributed by atoms with Gasteiger partial charge in [-0.3, -0.25) is 14.5 Å². The van der Waals surface area contributed by atoms with E-state index in [0.29, 0.717) is 24.5 Å². The number of hydrogen-bond donors (Lipinski definition) is 2. The van der Waals surface area contributed by atoms with Crippen molar-refractivity contribution in [3.05, 3.63) is 89.3 Å². The van der Waals surface area contributed by atoms with Crippen molar-refractivity contribution in [3.8, 4) is 0 Å². The Morgan fingerprint density at radius 1 is 0.882 bits per heavy atom. The molecule has 1 atom stereocenters. The van der Waals surface area contributed by atoms with Crippen LogP contribution in [0.25, 0.3) is 0 Å². The van der Waals surface area contributed by atoms with Gasteiger partial charge in [0.1, 0.15) is 5.76 Å². The van der Waals surface area contributed by atoms with Crippen molar-refractivity contribution >= 4 is 29.1 Å². The summed E-state index contributed by atoms with van der Waals surface area (Å²) in [5.41, 5.74) is 2.25. The van der Waals surface area contributed by atoms with Crippen LogP contribution in [0.3, 0.4) is 0 Å². The van der Waals surface area contributed by atoms with Gasteiger partial charge in [-0.15, -0.1) is 0 Å². The first-order valence-electron chi connectivity index (χ1n) is 11.5. The van der Waals surface area contributed by atoms with Gasteiger partial charge in [-0.2, -0.15) is 0 Å². The summed E-state index contributed by atoms with van der Waals surface area (Å²) in [4.78, 5) is 29.3. The molecule has 0 saturated carbocycles. The summed E-state index contributed by atoms with van der Waals surface area (Å²) >= 11 is 5.89. The molecule has 1 fully saturated rings. The van der Waals surface area contributed by atoms with E-state index in [4.69, 9.17) is 16.0 Å². The molecule has 2 amide bonds. The zero-order valence-electron chi connectivity index (χ0n) is 19.0. The zero-order valence-corrected chi connectivity index (χ0v) is 19.7. The summed E-state index contributed by atoms with van der Waals surface area (Å²) in [6, 6.07) is 21.4. The SMILES string of the molecule is O=C(NCCc1ccc(Cl)cc1)C(=O)NC[C@@H](c1ccco1)N1CCN(c2ccccc2)CC1. The number of halogens is 1. The second-order valence-corrected chi connectivity index (χ2v) is 8.67. The highest BCUT2D eigenvalue weighted by atomic mass is 35.5. The van der Waals surface area contributed by atoms with Crippen molar-refractivity contribution in [3.63, 3.8) is 0 Å². The second kappa shape index (κ2) is 11.7. The molecule has 3 aromatic rings. The van der Waals surface area contributed by atoms with Crippen molar-refractivity contribution < 1.29 is 14.0 Å². The molecule has 34 heavy (non-hydrogen) atoms. The number of carbonyl (C=O) groups is 2. The number of amides is 2. The molecule has 2 N–H and O–H groups in total. The molecular formula is C26H29ClN4O3. The Labute approximate surface area is 204 Å². The highest BCUT2D eigenvalue weighted by molar-refractivity contribution is 6.35. The fraction of sp³-hybridized carbons (Fsp3) is 0.308. The van der Waals surface area contributed by atoms with E-state index < -0.39 is 11.8 Å². The highest BCUT2D eigenvalue weighted by Crippen LogP contribution is 2.24. The zero-order chi connectivity index (χ0) is 23.8. The lowest BCUT2D eigenvalue weighted by Crippen LogP contribution is -2.50. The second-order valence-electron chi connectivity index (χ2n) is 8.23. The lowest BCUT2D eigenvalue weighted by molar-refractivity contribution is -0.139. The molecular weight excluding hydrogens is 452 g/mol. The largest absolute Gasteiger partial charge is 0.468 e. The Hall–Kier alpha value is -3.29. The van der Waals surface area contributed by atoms with Crippen LogP contribution in [0.1, 0.15) is 17.4 Å². The number of piperazine rings is 1. The lowest BCUT2D eigenvalue weighted by atomic mass is 10.1. The quantitative estimate of drug-likeness (QED) is 0.484. The molecule has 0 unspecified atom stereocenters. The van der Waals surface area contributed by atoms with Crippen molar-refractivity contribution in [2.45, 2.75) is 12.5 Å². The average molecular weight is 481 g/mol. The maximum Gasteiger partial charge on any atom is 0.309 e. The van der Waals surface area contributed by atoms with E-state index in [9.17, 15) is 9.59 Å². The van der Waals surface area contributed by atoms with E-state index >= 15 is 0 Å². The number of furan rings is 1. The minimum atomic E-state index is -0.643. The van der Waals surface area contributed by atoms with Crippen LogP contribution in [-0.2, 0) is 16.0 Å². The molecule has 0 aliphatic carbocycles. The maximum absolute atomic E-state index is 12.4. The summed E-state index contributed by atoms with van der Waals surface area (Å²) in [7, 11) is 0. The third-order valence-corrected chi connectivity index (χ3v) is 6.27. The first-order chi connectivity index (χ1) is 16.6. The number of para-hydroxylation sites is 1. The predicted octanol–water partition coefficient (Wildman–Crippen LogP) is 3.27. The Balaban J connectivity index is 1.27. The summed E-state index contributed by atoms with van der Waals surface area (Å²) in [6.45, 7) is 4.06. The molecule has 8 heteroatoms. The first-order valence-corrected chi connectivity index (χ1v) is 11.9. The Morgan fingerprint density at radius 3 is 2.26 bits per heavy atom. The Bertz CT molecular complexity index is 1050. The van der Waals surface area contributed by atoms with Crippen LogP contribution in [0.15, 0.2) is 77.4 Å². The molecule has 178 valence electrons. The maximum atomic E-state index is 12.4. The van der Waals surface area contributed by atoms with Crippen LogP contribution < -0.4 is 15.5 Å². The first kappa shape index (κ1) is 23.9. The van der Waals surface area contributed by atoms with Gasteiger partial charge in [-0.05, 0) is 48.4 Å². The van der Waals surface area contributed by atoms with E-state index in [1.54, 1.807) is 18.4 Å². The van der Waals surface area contributed by atoms with Gasteiger partial charge < -0.3 is 20.0 Å². The van der Waals surface area contributed by atoms with E-state index in [-0.39, 0.29) is 6.04 Å². The third kappa shape index (κ3) is 6.40. The van der Waals surface area contributed by atoms with Gasteiger partial charge in [0.15, 0.2) is 0 Å². The normalized spacial score (nSPS) is 15.0. The number of nitrogens with one attached hydrogen (secondary N) is 2. The van der Waals surface area contributed by atoms with Crippen molar-refractivity contribution in [2.75, 3.05) is 44.2 Å². The van der Waals surface area contributed by atoms with E-state index in [1.165, 1.54) is 5.69 Å². The molecule has 4 rings (SSSR count). The molecule has 1 aliphatic rings. The smallest absolute Gasteiger partial charge is 0.309 e. The standard InChI is InChI=1S/C26H29ClN4O3/c27-21-10-8-20(9-11-21)12-13-28-25(32)26(33)29-19-23(24-7-4-18-34-24)31-16-14-30(15-17-31)22-5-2-1-3-6-22/h1-11,18,23H,12-17,19H2,(H,28,32)(H,29,33)/t23-/m0/s1.